The Labute approximate surface area is 136 Å². The minimum Gasteiger partial charge on any atom is -0.476 e. The predicted octanol–water partition coefficient (Wildman–Crippen LogP) is 3.80. The van der Waals surface area contributed by atoms with Crippen molar-refractivity contribution in [2.24, 2.45) is 0 Å². The van der Waals surface area contributed by atoms with Crippen LogP contribution in [0.2, 0.25) is 0 Å². The standard InChI is InChI=1S/C16H16F3N3O2/c1-2-9-3-5-10(6-4-9)11-7-13(16(17,18)19)22-14(20-11)8-12(21-22)15(23)24/h3-6,8,11,13,20H,2,7H2,1H3,(H,23,24)/t11-,13+/m1/s1. The molecule has 8 heteroatoms. The van der Waals surface area contributed by atoms with Crippen LogP contribution in [0.25, 0.3) is 0 Å². The molecule has 2 atom stereocenters. The van der Waals surface area contributed by atoms with Gasteiger partial charge in [-0.2, -0.15) is 18.3 Å². The van der Waals surface area contributed by atoms with E-state index in [0.717, 1.165) is 28.3 Å². The zero-order valence-corrected chi connectivity index (χ0v) is 12.8. The Morgan fingerprint density at radius 3 is 2.58 bits per heavy atom. The highest BCUT2D eigenvalue weighted by Gasteiger charge is 2.46. The Kier molecular flexibility index (Phi) is 3.98. The quantitative estimate of drug-likeness (QED) is 0.892. The van der Waals surface area contributed by atoms with Crippen LogP contribution in [0, 0.1) is 0 Å². The molecule has 128 valence electrons. The molecule has 0 unspecified atom stereocenters. The molecule has 5 nitrogen and oxygen atoms in total. The molecule has 1 aliphatic heterocycles. The van der Waals surface area contributed by atoms with E-state index >= 15 is 0 Å². The van der Waals surface area contributed by atoms with Crippen molar-refractivity contribution in [3.8, 4) is 0 Å². The highest BCUT2D eigenvalue weighted by molar-refractivity contribution is 5.86. The van der Waals surface area contributed by atoms with E-state index in [0.29, 0.717) is 0 Å². The molecule has 24 heavy (non-hydrogen) atoms. The van der Waals surface area contributed by atoms with E-state index in [4.69, 9.17) is 5.11 Å². The number of nitrogens with zero attached hydrogens (tertiary/aromatic N) is 2. The number of carboxylic acids is 1. The lowest BCUT2D eigenvalue weighted by atomic mass is 9.96. The van der Waals surface area contributed by atoms with Gasteiger partial charge in [-0.15, -0.1) is 0 Å². The summed E-state index contributed by atoms with van der Waals surface area (Å²) in [6.07, 6.45) is -3.92. The van der Waals surface area contributed by atoms with Gasteiger partial charge in [0.2, 0.25) is 0 Å². The SMILES string of the molecule is CCc1ccc([C@H]2C[C@@H](C(F)(F)F)n3nc(C(=O)O)cc3N2)cc1. The first kappa shape index (κ1) is 16.4. The number of benzene rings is 1. The van der Waals surface area contributed by atoms with Crippen LogP contribution in [0.5, 0.6) is 0 Å². The molecule has 0 spiro atoms. The van der Waals surface area contributed by atoms with E-state index in [1.807, 2.05) is 19.1 Å². The van der Waals surface area contributed by atoms with Crippen molar-refractivity contribution in [2.75, 3.05) is 5.32 Å². The van der Waals surface area contributed by atoms with Gasteiger partial charge >= 0.3 is 12.1 Å². The van der Waals surface area contributed by atoms with Crippen molar-refractivity contribution in [3.63, 3.8) is 0 Å². The molecule has 0 saturated carbocycles. The summed E-state index contributed by atoms with van der Waals surface area (Å²) in [5, 5.41) is 15.5. The fourth-order valence-corrected chi connectivity index (χ4v) is 2.88. The van der Waals surface area contributed by atoms with E-state index in [9.17, 15) is 18.0 Å². The first-order valence-corrected chi connectivity index (χ1v) is 7.54. The Morgan fingerprint density at radius 2 is 2.04 bits per heavy atom. The zero-order chi connectivity index (χ0) is 17.5. The van der Waals surface area contributed by atoms with Crippen molar-refractivity contribution in [3.05, 3.63) is 47.2 Å². The fourth-order valence-electron chi connectivity index (χ4n) is 2.88. The van der Waals surface area contributed by atoms with Crippen LogP contribution in [0.1, 0.15) is 47.0 Å². The molecular formula is C16H16F3N3O2. The molecule has 1 aromatic carbocycles. The largest absolute Gasteiger partial charge is 0.476 e. The molecule has 2 heterocycles. The molecule has 3 rings (SSSR count). The Morgan fingerprint density at radius 1 is 1.38 bits per heavy atom. The van der Waals surface area contributed by atoms with Gasteiger partial charge in [0.05, 0.1) is 6.04 Å². The maximum absolute atomic E-state index is 13.4. The third kappa shape index (κ3) is 2.95. The second-order valence-electron chi connectivity index (χ2n) is 5.75. The monoisotopic (exact) mass is 339 g/mol. The van der Waals surface area contributed by atoms with E-state index in [2.05, 4.69) is 10.4 Å². The number of aryl methyl sites for hydroxylation is 1. The second-order valence-corrected chi connectivity index (χ2v) is 5.75. The van der Waals surface area contributed by atoms with Crippen molar-refractivity contribution < 1.29 is 23.1 Å². The number of halogens is 3. The molecule has 0 radical (unpaired) electrons. The van der Waals surface area contributed by atoms with Gasteiger partial charge in [-0.1, -0.05) is 31.2 Å². The van der Waals surface area contributed by atoms with Gasteiger partial charge in [0.15, 0.2) is 11.7 Å². The third-order valence-corrected chi connectivity index (χ3v) is 4.20. The summed E-state index contributed by atoms with van der Waals surface area (Å²) in [6.45, 7) is 2.00. The van der Waals surface area contributed by atoms with Crippen LogP contribution in [-0.2, 0) is 6.42 Å². The number of hydrogen-bond acceptors (Lipinski definition) is 3. The number of hydrogen-bond donors (Lipinski definition) is 2. The van der Waals surface area contributed by atoms with Crippen molar-refractivity contribution >= 4 is 11.8 Å². The van der Waals surface area contributed by atoms with E-state index in [1.165, 1.54) is 0 Å². The molecule has 2 N–H and O–H groups in total. The van der Waals surface area contributed by atoms with Crippen molar-refractivity contribution in [1.29, 1.82) is 0 Å². The van der Waals surface area contributed by atoms with Gasteiger partial charge < -0.3 is 10.4 Å². The average Bonchev–Trinajstić information content (AvgIpc) is 2.97. The number of aromatic nitrogens is 2. The number of alkyl halides is 3. The zero-order valence-electron chi connectivity index (χ0n) is 12.8. The van der Waals surface area contributed by atoms with Crippen LogP contribution in [0.4, 0.5) is 19.0 Å². The Balaban J connectivity index is 1.98. The smallest absolute Gasteiger partial charge is 0.410 e. The number of carboxylic acid groups (broad SMARTS) is 1. The van der Waals surface area contributed by atoms with Gasteiger partial charge in [-0.3, -0.25) is 0 Å². The summed E-state index contributed by atoms with van der Waals surface area (Å²) < 4.78 is 40.9. The van der Waals surface area contributed by atoms with E-state index in [1.54, 1.807) is 12.1 Å². The topological polar surface area (TPSA) is 67.2 Å². The van der Waals surface area contributed by atoms with E-state index in [-0.39, 0.29) is 12.2 Å². The molecular weight excluding hydrogens is 323 g/mol. The molecule has 1 aliphatic rings. The maximum atomic E-state index is 13.4. The van der Waals surface area contributed by atoms with Crippen molar-refractivity contribution in [1.82, 2.24) is 9.78 Å². The molecule has 0 fully saturated rings. The minimum atomic E-state index is -4.51. The summed E-state index contributed by atoms with van der Waals surface area (Å²) in [4.78, 5) is 11.0. The number of aromatic carboxylic acids is 1. The Hall–Kier alpha value is -2.51. The lowest BCUT2D eigenvalue weighted by molar-refractivity contribution is -0.173. The summed E-state index contributed by atoms with van der Waals surface area (Å²) in [5.41, 5.74) is 1.42. The van der Waals surface area contributed by atoms with Crippen LogP contribution in [0.15, 0.2) is 30.3 Å². The lowest BCUT2D eigenvalue weighted by Gasteiger charge is -2.33. The molecule has 0 saturated heterocycles. The summed E-state index contributed by atoms with van der Waals surface area (Å²) in [7, 11) is 0. The number of rotatable bonds is 3. The van der Waals surface area contributed by atoms with Crippen molar-refractivity contribution in [2.45, 2.75) is 38.0 Å². The highest BCUT2D eigenvalue weighted by Crippen LogP contribution is 2.43. The number of carbonyl (C=O) groups is 1. The summed E-state index contributed by atoms with van der Waals surface area (Å²) in [5.74, 6) is -1.30. The first-order chi connectivity index (χ1) is 11.3. The number of fused-ring (bicyclic) bond motifs is 1. The molecule has 2 aromatic rings. The average molecular weight is 339 g/mol. The maximum Gasteiger partial charge on any atom is 0.410 e. The number of nitrogens with one attached hydrogen (secondary N) is 1. The highest BCUT2D eigenvalue weighted by atomic mass is 19.4. The van der Waals surface area contributed by atoms with Gasteiger partial charge in [-0.05, 0) is 17.5 Å². The molecule has 0 amide bonds. The summed E-state index contributed by atoms with van der Waals surface area (Å²) in [6, 6.07) is 6.07. The third-order valence-electron chi connectivity index (χ3n) is 4.20. The lowest BCUT2D eigenvalue weighted by Crippen LogP contribution is -2.35. The first-order valence-electron chi connectivity index (χ1n) is 7.54. The van der Waals surface area contributed by atoms with Crippen LogP contribution in [0.3, 0.4) is 0 Å². The second kappa shape index (κ2) is 5.85. The molecule has 0 aliphatic carbocycles. The molecule has 1 aromatic heterocycles. The molecule has 0 bridgehead atoms. The van der Waals surface area contributed by atoms with Gasteiger partial charge in [0, 0.05) is 12.5 Å². The van der Waals surface area contributed by atoms with Gasteiger partial charge in [-0.25, -0.2) is 9.48 Å². The normalized spacial score (nSPS) is 20.3. The summed E-state index contributed by atoms with van der Waals surface area (Å²) >= 11 is 0. The van der Waals surface area contributed by atoms with Crippen LogP contribution >= 0.6 is 0 Å². The minimum absolute atomic E-state index is 0.0607. The van der Waals surface area contributed by atoms with Crippen LogP contribution in [-0.4, -0.2) is 27.0 Å². The van der Waals surface area contributed by atoms with Crippen LogP contribution < -0.4 is 5.32 Å². The van der Waals surface area contributed by atoms with Gasteiger partial charge in [0.1, 0.15) is 5.82 Å². The van der Waals surface area contributed by atoms with Gasteiger partial charge in [0.25, 0.3) is 0 Å². The number of anilines is 1. The predicted molar refractivity (Wildman–Crippen MR) is 81.1 cm³/mol. The fraction of sp³-hybridized carbons (Fsp3) is 0.375. The van der Waals surface area contributed by atoms with E-state index < -0.39 is 29.9 Å². The Bertz CT molecular complexity index is 753.